The number of fused-ring (bicyclic) bond motifs is 1. The van der Waals surface area contributed by atoms with Crippen LogP contribution in [0.2, 0.25) is 0 Å². The molecule has 100 valence electrons. The lowest BCUT2D eigenvalue weighted by atomic mass is 10.1. The van der Waals surface area contributed by atoms with Crippen molar-refractivity contribution in [1.82, 2.24) is 9.55 Å². The van der Waals surface area contributed by atoms with Crippen LogP contribution in [0, 0.1) is 13.8 Å². The van der Waals surface area contributed by atoms with Crippen LogP contribution < -0.4 is 11.2 Å². The molecule has 0 saturated carbocycles. The minimum Gasteiger partial charge on any atom is -0.273 e. The number of aromatic amines is 1. The second-order valence-corrected chi connectivity index (χ2v) is 4.90. The van der Waals surface area contributed by atoms with Gasteiger partial charge in [0.15, 0.2) is 0 Å². The van der Waals surface area contributed by atoms with E-state index in [1.807, 2.05) is 50.2 Å². The molecular weight excluding hydrogens is 252 g/mol. The molecule has 0 spiro atoms. The summed E-state index contributed by atoms with van der Waals surface area (Å²) in [4.78, 5) is 26.5. The summed E-state index contributed by atoms with van der Waals surface area (Å²) in [5, 5.41) is 0.512. The number of benzene rings is 2. The summed E-state index contributed by atoms with van der Waals surface area (Å²) in [6, 6.07) is 13.1. The van der Waals surface area contributed by atoms with Gasteiger partial charge in [-0.1, -0.05) is 24.3 Å². The number of rotatable bonds is 1. The molecule has 4 heteroatoms. The van der Waals surface area contributed by atoms with Crippen molar-refractivity contribution in [2.24, 2.45) is 0 Å². The Labute approximate surface area is 115 Å². The Morgan fingerprint density at radius 3 is 2.50 bits per heavy atom. The van der Waals surface area contributed by atoms with Crippen molar-refractivity contribution in [1.29, 1.82) is 0 Å². The van der Waals surface area contributed by atoms with Gasteiger partial charge in [0.05, 0.1) is 16.6 Å². The van der Waals surface area contributed by atoms with Gasteiger partial charge in [0.25, 0.3) is 5.56 Å². The highest BCUT2D eigenvalue weighted by Crippen LogP contribution is 2.17. The van der Waals surface area contributed by atoms with Crippen molar-refractivity contribution in [3.63, 3.8) is 0 Å². The number of nitrogens with zero attached hydrogens (tertiary/aromatic N) is 1. The molecule has 2 aromatic carbocycles. The zero-order valence-corrected chi connectivity index (χ0v) is 11.3. The van der Waals surface area contributed by atoms with E-state index in [0.29, 0.717) is 10.9 Å². The first-order chi connectivity index (χ1) is 9.58. The van der Waals surface area contributed by atoms with Crippen LogP contribution in [0.3, 0.4) is 0 Å². The summed E-state index contributed by atoms with van der Waals surface area (Å²) in [6.07, 6.45) is 0. The first-order valence-electron chi connectivity index (χ1n) is 6.39. The lowest BCUT2D eigenvalue weighted by molar-refractivity contribution is 0.934. The third-order valence-corrected chi connectivity index (χ3v) is 3.42. The highest BCUT2D eigenvalue weighted by atomic mass is 16.2. The molecule has 1 N–H and O–H groups in total. The van der Waals surface area contributed by atoms with Gasteiger partial charge in [0, 0.05) is 0 Å². The molecule has 20 heavy (non-hydrogen) atoms. The van der Waals surface area contributed by atoms with Crippen molar-refractivity contribution in [2.45, 2.75) is 13.8 Å². The molecule has 0 atom stereocenters. The molecular formula is C16H14N2O2. The van der Waals surface area contributed by atoms with E-state index in [9.17, 15) is 9.59 Å². The second kappa shape index (κ2) is 4.49. The summed E-state index contributed by atoms with van der Waals surface area (Å²) in [6.45, 7) is 3.88. The Hall–Kier alpha value is -2.62. The fraction of sp³-hybridized carbons (Fsp3) is 0.125. The van der Waals surface area contributed by atoms with Gasteiger partial charge >= 0.3 is 5.69 Å². The summed E-state index contributed by atoms with van der Waals surface area (Å²) >= 11 is 0. The van der Waals surface area contributed by atoms with Crippen LogP contribution in [0.5, 0.6) is 0 Å². The van der Waals surface area contributed by atoms with Crippen LogP contribution >= 0.6 is 0 Å². The average molecular weight is 266 g/mol. The fourth-order valence-corrected chi connectivity index (χ4v) is 2.40. The van der Waals surface area contributed by atoms with Crippen molar-refractivity contribution >= 4 is 10.9 Å². The normalized spacial score (nSPS) is 10.9. The van der Waals surface area contributed by atoms with Crippen molar-refractivity contribution in [3.8, 4) is 5.69 Å². The molecule has 0 aliphatic heterocycles. The van der Waals surface area contributed by atoms with E-state index in [1.54, 1.807) is 10.6 Å². The van der Waals surface area contributed by atoms with Gasteiger partial charge in [-0.25, -0.2) is 4.79 Å². The predicted molar refractivity (Wildman–Crippen MR) is 79.6 cm³/mol. The smallest absolute Gasteiger partial charge is 0.273 e. The zero-order valence-electron chi connectivity index (χ0n) is 11.3. The summed E-state index contributed by atoms with van der Waals surface area (Å²) < 4.78 is 1.55. The number of hydrogen-bond acceptors (Lipinski definition) is 2. The monoisotopic (exact) mass is 266 g/mol. The molecule has 3 aromatic rings. The Bertz CT molecular complexity index is 920. The molecule has 0 saturated heterocycles. The lowest BCUT2D eigenvalue weighted by Gasteiger charge is -2.12. The van der Waals surface area contributed by atoms with E-state index < -0.39 is 5.69 Å². The van der Waals surface area contributed by atoms with E-state index in [2.05, 4.69) is 4.98 Å². The van der Waals surface area contributed by atoms with Crippen LogP contribution in [-0.2, 0) is 0 Å². The zero-order chi connectivity index (χ0) is 14.3. The number of nitrogens with one attached hydrogen (secondary N) is 1. The SMILES string of the molecule is Cc1ccc2c(=O)[nH]c(=O)n(-c3ccccc3C)c2c1. The van der Waals surface area contributed by atoms with Gasteiger partial charge in [-0.05, 0) is 43.2 Å². The number of hydrogen-bond donors (Lipinski definition) is 1. The standard InChI is InChI=1S/C16H14N2O2/c1-10-7-8-12-14(9-10)18(16(20)17-15(12)19)13-6-4-3-5-11(13)2/h3-9H,1-2H3,(H,17,19,20). The lowest BCUT2D eigenvalue weighted by Crippen LogP contribution is -2.29. The topological polar surface area (TPSA) is 54.9 Å². The molecule has 0 amide bonds. The Morgan fingerprint density at radius 1 is 1.00 bits per heavy atom. The van der Waals surface area contributed by atoms with Crippen molar-refractivity contribution in [2.75, 3.05) is 0 Å². The highest BCUT2D eigenvalue weighted by Gasteiger charge is 2.10. The third-order valence-electron chi connectivity index (χ3n) is 3.42. The summed E-state index contributed by atoms with van der Waals surface area (Å²) in [7, 11) is 0. The van der Waals surface area contributed by atoms with Crippen molar-refractivity contribution < 1.29 is 0 Å². The summed E-state index contributed by atoms with van der Waals surface area (Å²) in [5.41, 5.74) is 2.63. The van der Waals surface area contributed by atoms with Crippen LogP contribution in [-0.4, -0.2) is 9.55 Å². The van der Waals surface area contributed by atoms with Gasteiger partial charge in [0.2, 0.25) is 0 Å². The van der Waals surface area contributed by atoms with Gasteiger partial charge < -0.3 is 0 Å². The number of aryl methyl sites for hydroxylation is 2. The quantitative estimate of drug-likeness (QED) is 0.734. The third kappa shape index (κ3) is 1.86. The number of H-pyrrole nitrogens is 1. The molecule has 0 unspecified atom stereocenters. The van der Waals surface area contributed by atoms with E-state index in [4.69, 9.17) is 0 Å². The largest absolute Gasteiger partial charge is 0.333 e. The minimum absolute atomic E-state index is 0.352. The van der Waals surface area contributed by atoms with Crippen LogP contribution in [0.1, 0.15) is 11.1 Å². The van der Waals surface area contributed by atoms with Crippen molar-refractivity contribution in [3.05, 3.63) is 74.4 Å². The number of aromatic nitrogens is 2. The van der Waals surface area contributed by atoms with Crippen LogP contribution in [0.25, 0.3) is 16.6 Å². The fourth-order valence-electron chi connectivity index (χ4n) is 2.40. The maximum Gasteiger partial charge on any atom is 0.333 e. The molecule has 1 heterocycles. The van der Waals surface area contributed by atoms with Gasteiger partial charge in [0.1, 0.15) is 0 Å². The van der Waals surface area contributed by atoms with Gasteiger partial charge in [-0.2, -0.15) is 0 Å². The molecule has 0 radical (unpaired) electrons. The summed E-state index contributed by atoms with van der Waals surface area (Å²) in [5.74, 6) is 0. The van der Waals surface area contributed by atoms with Gasteiger partial charge in [-0.15, -0.1) is 0 Å². The van der Waals surface area contributed by atoms with Crippen LogP contribution in [0.15, 0.2) is 52.1 Å². The van der Waals surface area contributed by atoms with E-state index in [-0.39, 0.29) is 5.56 Å². The first-order valence-corrected chi connectivity index (χ1v) is 6.39. The minimum atomic E-state index is -0.414. The molecule has 0 bridgehead atoms. The average Bonchev–Trinajstić information content (AvgIpc) is 2.40. The van der Waals surface area contributed by atoms with E-state index in [0.717, 1.165) is 16.8 Å². The number of para-hydroxylation sites is 1. The molecule has 4 nitrogen and oxygen atoms in total. The maximum absolute atomic E-state index is 12.2. The predicted octanol–water partition coefficient (Wildman–Crippen LogP) is 2.30. The molecule has 0 aliphatic carbocycles. The van der Waals surface area contributed by atoms with Crippen LogP contribution in [0.4, 0.5) is 0 Å². The maximum atomic E-state index is 12.2. The molecule has 0 aliphatic rings. The van der Waals surface area contributed by atoms with Gasteiger partial charge in [-0.3, -0.25) is 14.3 Å². The molecule has 1 aromatic heterocycles. The van der Waals surface area contributed by atoms with E-state index >= 15 is 0 Å². The Kier molecular flexibility index (Phi) is 2.79. The Balaban J connectivity index is 2.54. The first kappa shape index (κ1) is 12.4. The molecule has 0 fully saturated rings. The molecule has 3 rings (SSSR count). The second-order valence-electron chi connectivity index (χ2n) is 4.90. The Morgan fingerprint density at radius 2 is 1.75 bits per heavy atom. The highest BCUT2D eigenvalue weighted by molar-refractivity contribution is 5.80. The van der Waals surface area contributed by atoms with E-state index in [1.165, 1.54) is 0 Å².